The SMILES string of the molecule is O=C(OCc1ccccc1)N1CCn2ncc(S(=O)(=O)Cl)c21. The van der Waals surface area contributed by atoms with Gasteiger partial charge in [-0.1, -0.05) is 30.3 Å². The first-order chi connectivity index (χ1) is 10.5. The smallest absolute Gasteiger partial charge is 0.415 e. The molecule has 1 aromatic carbocycles. The first kappa shape index (κ1) is 14.9. The Morgan fingerprint density at radius 3 is 2.68 bits per heavy atom. The molecule has 1 aliphatic rings. The van der Waals surface area contributed by atoms with Crippen LogP contribution in [0.25, 0.3) is 0 Å². The minimum Gasteiger partial charge on any atom is -0.444 e. The summed E-state index contributed by atoms with van der Waals surface area (Å²) in [6.07, 6.45) is 0.499. The summed E-state index contributed by atoms with van der Waals surface area (Å²) >= 11 is 0. The monoisotopic (exact) mass is 341 g/mol. The van der Waals surface area contributed by atoms with Gasteiger partial charge in [-0.05, 0) is 5.56 Å². The van der Waals surface area contributed by atoms with Crippen molar-refractivity contribution in [2.24, 2.45) is 0 Å². The van der Waals surface area contributed by atoms with Crippen molar-refractivity contribution in [3.63, 3.8) is 0 Å². The average molecular weight is 342 g/mol. The van der Waals surface area contributed by atoms with Crippen LogP contribution in [0.1, 0.15) is 5.56 Å². The topological polar surface area (TPSA) is 81.5 Å². The van der Waals surface area contributed by atoms with E-state index in [2.05, 4.69) is 5.10 Å². The van der Waals surface area contributed by atoms with Gasteiger partial charge in [0.15, 0.2) is 5.82 Å². The third kappa shape index (κ3) is 2.79. The van der Waals surface area contributed by atoms with Crippen molar-refractivity contribution in [3.8, 4) is 0 Å². The maximum atomic E-state index is 12.2. The van der Waals surface area contributed by atoms with E-state index in [1.807, 2.05) is 30.3 Å². The van der Waals surface area contributed by atoms with Gasteiger partial charge in [0.1, 0.15) is 11.5 Å². The average Bonchev–Trinajstić information content (AvgIpc) is 3.06. The molecule has 0 aliphatic carbocycles. The molecule has 2 aromatic rings. The molecule has 1 aromatic heterocycles. The third-order valence-electron chi connectivity index (χ3n) is 3.26. The number of nitrogens with zero attached hydrogens (tertiary/aromatic N) is 3. The van der Waals surface area contributed by atoms with Crippen molar-refractivity contribution in [2.45, 2.75) is 18.0 Å². The van der Waals surface area contributed by atoms with Gasteiger partial charge in [0.2, 0.25) is 0 Å². The summed E-state index contributed by atoms with van der Waals surface area (Å²) in [5, 5.41) is 3.92. The van der Waals surface area contributed by atoms with Crippen LogP contribution < -0.4 is 4.90 Å². The molecule has 0 atom stereocenters. The molecule has 116 valence electrons. The van der Waals surface area contributed by atoms with Crippen LogP contribution in [-0.2, 0) is 26.9 Å². The maximum absolute atomic E-state index is 12.2. The quantitative estimate of drug-likeness (QED) is 0.797. The Kier molecular flexibility index (Phi) is 3.79. The number of ether oxygens (including phenoxy) is 1. The van der Waals surface area contributed by atoms with Crippen LogP contribution in [-0.4, -0.2) is 30.8 Å². The molecule has 9 heteroatoms. The highest BCUT2D eigenvalue weighted by Crippen LogP contribution is 2.31. The Morgan fingerprint density at radius 1 is 1.27 bits per heavy atom. The van der Waals surface area contributed by atoms with Crippen LogP contribution in [0.5, 0.6) is 0 Å². The standard InChI is InChI=1S/C13H12ClN3O4S/c14-22(19,20)11-8-15-17-7-6-16(12(11)17)13(18)21-9-10-4-2-1-3-5-10/h1-5,8H,6-7,9H2. The first-order valence-electron chi connectivity index (χ1n) is 6.45. The second-order valence-electron chi connectivity index (χ2n) is 4.69. The van der Waals surface area contributed by atoms with Crippen molar-refractivity contribution in [1.82, 2.24) is 9.78 Å². The van der Waals surface area contributed by atoms with Gasteiger partial charge in [0, 0.05) is 10.7 Å². The Hall–Kier alpha value is -2.06. The maximum Gasteiger partial charge on any atom is 0.415 e. The van der Waals surface area contributed by atoms with E-state index >= 15 is 0 Å². The number of hydrogen-bond acceptors (Lipinski definition) is 5. The van der Waals surface area contributed by atoms with Crippen molar-refractivity contribution in [2.75, 3.05) is 11.4 Å². The molecular weight excluding hydrogens is 330 g/mol. The number of fused-ring (bicyclic) bond motifs is 1. The Labute approximate surface area is 131 Å². The van der Waals surface area contributed by atoms with E-state index in [1.54, 1.807) is 0 Å². The number of carbonyl (C=O) groups excluding carboxylic acids is 1. The fourth-order valence-electron chi connectivity index (χ4n) is 2.25. The van der Waals surface area contributed by atoms with Crippen molar-refractivity contribution in [3.05, 3.63) is 42.1 Å². The number of hydrogen-bond donors (Lipinski definition) is 0. The summed E-state index contributed by atoms with van der Waals surface area (Å²) in [7, 11) is 1.39. The summed E-state index contributed by atoms with van der Waals surface area (Å²) in [6, 6.07) is 9.20. The predicted molar refractivity (Wildman–Crippen MR) is 79.2 cm³/mol. The highest BCUT2D eigenvalue weighted by Gasteiger charge is 2.34. The molecule has 1 aliphatic heterocycles. The Balaban J connectivity index is 1.78. The lowest BCUT2D eigenvalue weighted by Crippen LogP contribution is -2.30. The predicted octanol–water partition coefficient (Wildman–Crippen LogP) is 1.97. The van der Waals surface area contributed by atoms with Gasteiger partial charge >= 0.3 is 6.09 Å². The molecule has 22 heavy (non-hydrogen) atoms. The summed E-state index contributed by atoms with van der Waals surface area (Å²) in [4.78, 5) is 13.2. The Morgan fingerprint density at radius 2 is 2.00 bits per heavy atom. The number of halogens is 1. The molecule has 0 N–H and O–H groups in total. The highest BCUT2D eigenvalue weighted by molar-refractivity contribution is 8.13. The first-order valence-corrected chi connectivity index (χ1v) is 8.76. The number of aromatic nitrogens is 2. The third-order valence-corrected chi connectivity index (χ3v) is 4.57. The summed E-state index contributed by atoms with van der Waals surface area (Å²) in [5.41, 5.74) is 0.841. The van der Waals surface area contributed by atoms with Crippen molar-refractivity contribution < 1.29 is 17.9 Å². The van der Waals surface area contributed by atoms with Gasteiger partial charge in [-0.25, -0.2) is 17.9 Å². The number of amides is 1. The largest absolute Gasteiger partial charge is 0.444 e. The molecule has 0 saturated heterocycles. The molecular formula is C13H12ClN3O4S. The van der Waals surface area contributed by atoms with Crippen LogP contribution in [0.2, 0.25) is 0 Å². The van der Waals surface area contributed by atoms with Crippen LogP contribution in [0.15, 0.2) is 41.4 Å². The van der Waals surface area contributed by atoms with E-state index < -0.39 is 15.1 Å². The number of rotatable bonds is 3. The minimum absolute atomic E-state index is 0.104. The molecule has 0 saturated carbocycles. The Bertz CT molecular complexity index is 804. The summed E-state index contributed by atoms with van der Waals surface area (Å²) in [6.45, 7) is 0.783. The van der Waals surface area contributed by atoms with E-state index in [-0.39, 0.29) is 23.9 Å². The van der Waals surface area contributed by atoms with E-state index in [0.29, 0.717) is 6.54 Å². The van der Waals surface area contributed by atoms with Gasteiger partial charge < -0.3 is 4.74 Å². The zero-order valence-corrected chi connectivity index (χ0v) is 12.9. The molecule has 0 bridgehead atoms. The summed E-state index contributed by atoms with van der Waals surface area (Å²) < 4.78 is 29.7. The van der Waals surface area contributed by atoms with E-state index in [9.17, 15) is 13.2 Å². The molecule has 1 amide bonds. The molecule has 0 fully saturated rings. The molecule has 3 rings (SSSR count). The molecule has 0 unspecified atom stereocenters. The van der Waals surface area contributed by atoms with E-state index in [1.165, 1.54) is 9.58 Å². The van der Waals surface area contributed by atoms with Gasteiger partial charge in [-0.15, -0.1) is 0 Å². The summed E-state index contributed by atoms with van der Waals surface area (Å²) in [5.74, 6) is 0.146. The van der Waals surface area contributed by atoms with Gasteiger partial charge in [-0.2, -0.15) is 5.10 Å². The van der Waals surface area contributed by atoms with Crippen LogP contribution in [0, 0.1) is 0 Å². The molecule has 2 heterocycles. The lowest BCUT2D eigenvalue weighted by molar-refractivity contribution is 0.147. The lowest BCUT2D eigenvalue weighted by Gasteiger charge is -2.15. The van der Waals surface area contributed by atoms with Gasteiger partial charge in [0.05, 0.1) is 19.3 Å². The number of carbonyl (C=O) groups is 1. The molecule has 7 nitrogen and oxygen atoms in total. The molecule has 0 radical (unpaired) electrons. The van der Waals surface area contributed by atoms with Crippen LogP contribution in [0.4, 0.5) is 10.6 Å². The van der Waals surface area contributed by atoms with Crippen LogP contribution in [0.3, 0.4) is 0 Å². The van der Waals surface area contributed by atoms with Crippen molar-refractivity contribution >= 4 is 31.6 Å². The van der Waals surface area contributed by atoms with Gasteiger partial charge in [0.25, 0.3) is 9.05 Å². The second-order valence-corrected chi connectivity index (χ2v) is 7.22. The molecule has 0 spiro atoms. The normalized spacial score (nSPS) is 14.0. The lowest BCUT2D eigenvalue weighted by atomic mass is 10.2. The number of anilines is 1. The zero-order chi connectivity index (χ0) is 15.7. The van der Waals surface area contributed by atoms with E-state index in [0.717, 1.165) is 11.8 Å². The minimum atomic E-state index is -3.98. The fourth-order valence-corrected chi connectivity index (χ4v) is 3.18. The van der Waals surface area contributed by atoms with Crippen molar-refractivity contribution in [1.29, 1.82) is 0 Å². The van der Waals surface area contributed by atoms with Gasteiger partial charge in [-0.3, -0.25) is 4.90 Å². The van der Waals surface area contributed by atoms with Crippen LogP contribution >= 0.6 is 10.7 Å². The number of benzene rings is 1. The highest BCUT2D eigenvalue weighted by atomic mass is 35.7. The van der Waals surface area contributed by atoms with E-state index in [4.69, 9.17) is 15.4 Å². The second kappa shape index (κ2) is 5.62. The zero-order valence-electron chi connectivity index (χ0n) is 11.3. The fraction of sp³-hybridized carbons (Fsp3) is 0.231.